The molecule has 1 amide bonds. The van der Waals surface area contributed by atoms with Gasteiger partial charge >= 0.3 is 0 Å². The van der Waals surface area contributed by atoms with Crippen LogP contribution in [0.5, 0.6) is 0 Å². The van der Waals surface area contributed by atoms with Crippen molar-refractivity contribution in [2.24, 2.45) is 11.5 Å². The first kappa shape index (κ1) is 13.8. The average Bonchev–Trinajstić information content (AvgIpc) is 2.46. The second-order valence-electron chi connectivity index (χ2n) is 4.89. The van der Waals surface area contributed by atoms with Crippen LogP contribution < -0.4 is 16.4 Å². The third kappa shape index (κ3) is 3.68. The van der Waals surface area contributed by atoms with E-state index in [2.05, 4.69) is 9.80 Å². The summed E-state index contributed by atoms with van der Waals surface area (Å²) in [5, 5.41) is 0. The molecule has 19 heavy (non-hydrogen) atoms. The average molecular weight is 262 g/mol. The minimum atomic E-state index is -0.372. The Bertz CT molecular complexity index is 427. The Balaban J connectivity index is 1.94. The highest BCUT2D eigenvalue weighted by Crippen LogP contribution is 2.18. The molecule has 5 nitrogen and oxygen atoms in total. The van der Waals surface area contributed by atoms with Crippen LogP contribution in [0, 0.1) is 0 Å². The van der Waals surface area contributed by atoms with E-state index >= 15 is 0 Å². The summed E-state index contributed by atoms with van der Waals surface area (Å²) < 4.78 is 0. The number of benzene rings is 1. The third-order valence-electron chi connectivity index (χ3n) is 3.55. The first-order valence-electron chi connectivity index (χ1n) is 6.78. The molecule has 5 heteroatoms. The molecule has 0 unspecified atom stereocenters. The lowest BCUT2D eigenvalue weighted by atomic mass is 10.1. The Morgan fingerprint density at radius 1 is 1.21 bits per heavy atom. The number of anilines is 1. The second kappa shape index (κ2) is 6.54. The summed E-state index contributed by atoms with van der Waals surface area (Å²) in [5.74, 6) is -0.372. The van der Waals surface area contributed by atoms with Crippen molar-refractivity contribution in [3.63, 3.8) is 0 Å². The molecule has 4 N–H and O–H groups in total. The van der Waals surface area contributed by atoms with Crippen molar-refractivity contribution >= 4 is 11.6 Å². The van der Waals surface area contributed by atoms with Crippen molar-refractivity contribution in [1.29, 1.82) is 0 Å². The minimum absolute atomic E-state index is 0.372. The summed E-state index contributed by atoms with van der Waals surface area (Å²) in [6, 6.07) is 7.54. The van der Waals surface area contributed by atoms with E-state index in [1.54, 1.807) is 6.07 Å². The highest BCUT2D eigenvalue weighted by molar-refractivity contribution is 5.93. The summed E-state index contributed by atoms with van der Waals surface area (Å²) in [7, 11) is 0. The predicted octanol–water partition coefficient (Wildman–Crippen LogP) is 0.256. The molecule has 1 heterocycles. The highest BCUT2D eigenvalue weighted by Gasteiger charge is 2.17. The maximum Gasteiger partial charge on any atom is 0.248 e. The number of nitrogens with two attached hydrogens (primary N) is 2. The molecule has 2 rings (SSSR count). The number of rotatable bonds is 5. The molecule has 1 fully saturated rings. The summed E-state index contributed by atoms with van der Waals surface area (Å²) in [4.78, 5) is 15.9. The number of hydrogen-bond donors (Lipinski definition) is 2. The van der Waals surface area contributed by atoms with Crippen LogP contribution in [0.3, 0.4) is 0 Å². The number of amides is 1. The Kier molecular flexibility index (Phi) is 4.76. The van der Waals surface area contributed by atoms with Gasteiger partial charge in [0.05, 0.1) is 0 Å². The van der Waals surface area contributed by atoms with Gasteiger partial charge in [0.1, 0.15) is 0 Å². The van der Waals surface area contributed by atoms with Gasteiger partial charge in [0.2, 0.25) is 5.91 Å². The maximum atomic E-state index is 11.2. The number of carbonyl (C=O) groups is 1. The van der Waals surface area contributed by atoms with Crippen LogP contribution in [0.1, 0.15) is 16.8 Å². The molecule has 0 atom stereocenters. The molecule has 0 aliphatic carbocycles. The first-order chi connectivity index (χ1) is 9.20. The SMILES string of the molecule is NCCCN1CCN(c2cccc(C(N)=O)c2)CC1. The third-order valence-corrected chi connectivity index (χ3v) is 3.55. The van der Waals surface area contributed by atoms with Crippen molar-refractivity contribution in [3.05, 3.63) is 29.8 Å². The molecule has 1 saturated heterocycles. The first-order valence-corrected chi connectivity index (χ1v) is 6.78. The van der Waals surface area contributed by atoms with Gasteiger partial charge in [-0.15, -0.1) is 0 Å². The molecule has 0 saturated carbocycles. The van der Waals surface area contributed by atoms with E-state index in [-0.39, 0.29) is 5.91 Å². The Morgan fingerprint density at radius 3 is 2.58 bits per heavy atom. The minimum Gasteiger partial charge on any atom is -0.369 e. The smallest absolute Gasteiger partial charge is 0.248 e. The monoisotopic (exact) mass is 262 g/mol. The topological polar surface area (TPSA) is 75.6 Å². The molecular weight excluding hydrogens is 240 g/mol. The highest BCUT2D eigenvalue weighted by atomic mass is 16.1. The maximum absolute atomic E-state index is 11.2. The number of nitrogens with zero attached hydrogens (tertiary/aromatic N) is 2. The fourth-order valence-electron chi connectivity index (χ4n) is 2.40. The number of piperazine rings is 1. The molecule has 1 aliphatic rings. The van der Waals surface area contributed by atoms with Gasteiger partial charge in [-0.2, -0.15) is 0 Å². The van der Waals surface area contributed by atoms with Crippen LogP contribution in [0.25, 0.3) is 0 Å². The van der Waals surface area contributed by atoms with Crippen LogP contribution in [0.4, 0.5) is 5.69 Å². The van der Waals surface area contributed by atoms with Crippen LogP contribution in [0.2, 0.25) is 0 Å². The molecule has 0 aromatic heterocycles. The van der Waals surface area contributed by atoms with E-state index in [9.17, 15) is 4.79 Å². The number of hydrogen-bond acceptors (Lipinski definition) is 4. The van der Waals surface area contributed by atoms with E-state index in [1.807, 2.05) is 18.2 Å². The fourth-order valence-corrected chi connectivity index (χ4v) is 2.40. The zero-order chi connectivity index (χ0) is 13.7. The van der Waals surface area contributed by atoms with Crippen molar-refractivity contribution in [3.8, 4) is 0 Å². The van der Waals surface area contributed by atoms with Gasteiger partial charge in [-0.3, -0.25) is 9.69 Å². The summed E-state index contributed by atoms with van der Waals surface area (Å²) in [6.07, 6.45) is 1.05. The van der Waals surface area contributed by atoms with Gasteiger partial charge in [0, 0.05) is 37.4 Å². The predicted molar refractivity (Wildman–Crippen MR) is 77.3 cm³/mol. The summed E-state index contributed by atoms with van der Waals surface area (Å²) in [5.41, 5.74) is 12.5. The fraction of sp³-hybridized carbons (Fsp3) is 0.500. The molecule has 104 valence electrons. The Hall–Kier alpha value is -1.59. The van der Waals surface area contributed by atoms with Crippen LogP contribution >= 0.6 is 0 Å². The van der Waals surface area contributed by atoms with Gasteiger partial charge < -0.3 is 16.4 Å². The van der Waals surface area contributed by atoms with Gasteiger partial charge in [-0.05, 0) is 37.7 Å². The Labute approximate surface area is 114 Å². The van der Waals surface area contributed by atoms with Crippen LogP contribution in [0.15, 0.2) is 24.3 Å². The molecule has 1 aliphatic heterocycles. The number of primary amides is 1. The lowest BCUT2D eigenvalue weighted by Crippen LogP contribution is -2.46. The molecule has 0 bridgehead atoms. The lowest BCUT2D eigenvalue weighted by molar-refractivity contribution is 0.100. The normalized spacial score (nSPS) is 16.6. The van der Waals surface area contributed by atoms with Gasteiger partial charge in [-0.25, -0.2) is 0 Å². The van der Waals surface area contributed by atoms with Gasteiger partial charge in [0.15, 0.2) is 0 Å². The van der Waals surface area contributed by atoms with E-state index in [0.29, 0.717) is 5.56 Å². The number of carbonyl (C=O) groups excluding carboxylic acids is 1. The molecular formula is C14H22N4O. The molecule has 1 aromatic carbocycles. The van der Waals surface area contributed by atoms with Crippen molar-refractivity contribution in [1.82, 2.24) is 4.90 Å². The van der Waals surface area contributed by atoms with Crippen molar-refractivity contribution in [2.45, 2.75) is 6.42 Å². The van der Waals surface area contributed by atoms with E-state index < -0.39 is 0 Å². The largest absolute Gasteiger partial charge is 0.369 e. The molecule has 0 spiro atoms. The zero-order valence-electron chi connectivity index (χ0n) is 11.2. The lowest BCUT2D eigenvalue weighted by Gasteiger charge is -2.36. The molecule has 0 radical (unpaired) electrons. The Morgan fingerprint density at radius 2 is 1.95 bits per heavy atom. The van der Waals surface area contributed by atoms with E-state index in [1.165, 1.54) is 0 Å². The van der Waals surface area contributed by atoms with Crippen LogP contribution in [-0.4, -0.2) is 50.1 Å². The quantitative estimate of drug-likeness (QED) is 0.798. The summed E-state index contributed by atoms with van der Waals surface area (Å²) >= 11 is 0. The van der Waals surface area contributed by atoms with Crippen molar-refractivity contribution < 1.29 is 4.79 Å². The van der Waals surface area contributed by atoms with E-state index in [4.69, 9.17) is 11.5 Å². The van der Waals surface area contributed by atoms with Crippen LogP contribution in [-0.2, 0) is 0 Å². The van der Waals surface area contributed by atoms with Gasteiger partial charge in [-0.1, -0.05) is 6.07 Å². The second-order valence-corrected chi connectivity index (χ2v) is 4.89. The van der Waals surface area contributed by atoms with E-state index in [0.717, 1.165) is 51.4 Å². The zero-order valence-corrected chi connectivity index (χ0v) is 11.2. The standard InChI is InChI=1S/C14H22N4O/c15-5-2-6-17-7-9-18(10-8-17)13-4-1-3-12(11-13)14(16)19/h1,3-4,11H,2,5-10,15H2,(H2,16,19). The summed E-state index contributed by atoms with van der Waals surface area (Å²) in [6.45, 7) is 5.87. The van der Waals surface area contributed by atoms with Gasteiger partial charge in [0.25, 0.3) is 0 Å². The van der Waals surface area contributed by atoms with Crippen molar-refractivity contribution in [2.75, 3.05) is 44.2 Å². The molecule has 1 aromatic rings.